The quantitative estimate of drug-likeness (QED) is 0.883. The van der Waals surface area contributed by atoms with Gasteiger partial charge in [0, 0.05) is 19.1 Å². The summed E-state index contributed by atoms with van der Waals surface area (Å²) in [5.41, 5.74) is 1.11. The molecule has 138 valence electrons. The van der Waals surface area contributed by atoms with Gasteiger partial charge in [-0.25, -0.2) is 4.39 Å². The van der Waals surface area contributed by atoms with Gasteiger partial charge in [-0.1, -0.05) is 44.2 Å². The third-order valence-corrected chi connectivity index (χ3v) is 5.65. The van der Waals surface area contributed by atoms with Crippen LogP contribution < -0.4 is 5.32 Å². The number of nitrogens with zero attached hydrogens (tertiary/aromatic N) is 1. The van der Waals surface area contributed by atoms with Gasteiger partial charge in [0.15, 0.2) is 0 Å². The standard InChI is InChI=1S/C21H31FN2O/c22-19-12-10-17(11-13-19)15-24-14-6-7-18(16-24)21(25)23-20-8-4-2-1-3-5-9-20/h10-13,18,20H,1-9,14-16H2,(H,23,25)/t18-/m1/s1. The number of hydrogen-bond donors (Lipinski definition) is 1. The van der Waals surface area contributed by atoms with Gasteiger partial charge in [-0.2, -0.15) is 0 Å². The predicted octanol–water partition coefficient (Wildman–Crippen LogP) is 4.27. The summed E-state index contributed by atoms with van der Waals surface area (Å²) in [4.78, 5) is 15.1. The highest BCUT2D eigenvalue weighted by Gasteiger charge is 2.27. The minimum Gasteiger partial charge on any atom is -0.353 e. The Hall–Kier alpha value is -1.42. The molecule has 2 aliphatic rings. The van der Waals surface area contributed by atoms with Gasteiger partial charge in [-0.05, 0) is 49.9 Å². The van der Waals surface area contributed by atoms with Crippen LogP contribution in [0.2, 0.25) is 0 Å². The summed E-state index contributed by atoms with van der Waals surface area (Å²) >= 11 is 0. The molecule has 1 atom stereocenters. The molecule has 1 aliphatic heterocycles. The summed E-state index contributed by atoms with van der Waals surface area (Å²) in [5.74, 6) is 0.146. The maximum atomic E-state index is 13.0. The monoisotopic (exact) mass is 346 g/mol. The molecule has 1 heterocycles. The van der Waals surface area contributed by atoms with Crippen molar-refractivity contribution in [3.05, 3.63) is 35.6 Å². The first kappa shape index (κ1) is 18.4. The fourth-order valence-electron chi connectivity index (χ4n) is 4.18. The summed E-state index contributed by atoms with van der Waals surface area (Å²) < 4.78 is 13.0. The number of piperidine rings is 1. The van der Waals surface area contributed by atoms with E-state index in [9.17, 15) is 9.18 Å². The summed E-state index contributed by atoms with van der Waals surface area (Å²) in [6.45, 7) is 2.63. The summed E-state index contributed by atoms with van der Waals surface area (Å²) in [6, 6.07) is 7.08. The molecule has 4 heteroatoms. The summed E-state index contributed by atoms with van der Waals surface area (Å²) in [7, 11) is 0. The number of carbonyl (C=O) groups is 1. The van der Waals surface area contributed by atoms with Crippen LogP contribution in [0.4, 0.5) is 4.39 Å². The maximum absolute atomic E-state index is 13.0. The van der Waals surface area contributed by atoms with Gasteiger partial charge in [-0.3, -0.25) is 9.69 Å². The van der Waals surface area contributed by atoms with E-state index in [1.54, 1.807) is 0 Å². The lowest BCUT2D eigenvalue weighted by Gasteiger charge is -2.33. The Bertz CT molecular complexity index is 537. The van der Waals surface area contributed by atoms with Crippen molar-refractivity contribution >= 4 is 5.91 Å². The Morgan fingerprint density at radius 3 is 2.40 bits per heavy atom. The lowest BCUT2D eigenvalue weighted by molar-refractivity contribution is -0.127. The molecule has 0 unspecified atom stereocenters. The number of halogens is 1. The normalized spacial score (nSPS) is 23.6. The van der Waals surface area contributed by atoms with Crippen LogP contribution in [0.25, 0.3) is 0 Å². The average molecular weight is 346 g/mol. The maximum Gasteiger partial charge on any atom is 0.224 e. The number of carbonyl (C=O) groups excluding carboxylic acids is 1. The molecule has 1 aromatic rings. The van der Waals surface area contributed by atoms with E-state index in [2.05, 4.69) is 10.2 Å². The van der Waals surface area contributed by atoms with Crippen molar-refractivity contribution in [2.45, 2.75) is 70.4 Å². The van der Waals surface area contributed by atoms with Crippen LogP contribution >= 0.6 is 0 Å². The molecular formula is C21H31FN2O. The van der Waals surface area contributed by atoms with Crippen LogP contribution in [0.5, 0.6) is 0 Å². The molecule has 1 aromatic carbocycles. The Morgan fingerprint density at radius 1 is 1.00 bits per heavy atom. The minimum atomic E-state index is -0.196. The van der Waals surface area contributed by atoms with Crippen molar-refractivity contribution in [2.24, 2.45) is 5.92 Å². The highest BCUT2D eigenvalue weighted by molar-refractivity contribution is 5.79. The molecule has 1 saturated heterocycles. The van der Waals surface area contributed by atoms with Crippen LogP contribution in [-0.2, 0) is 11.3 Å². The number of likely N-dealkylation sites (tertiary alicyclic amines) is 1. The van der Waals surface area contributed by atoms with Gasteiger partial charge in [0.05, 0.1) is 5.92 Å². The van der Waals surface area contributed by atoms with Crippen LogP contribution in [0.3, 0.4) is 0 Å². The highest BCUT2D eigenvalue weighted by Crippen LogP contribution is 2.21. The SMILES string of the molecule is O=C(NC1CCCCCCC1)[C@@H]1CCCN(Cc2ccc(F)cc2)C1. The number of benzene rings is 1. The second-order valence-electron chi connectivity index (χ2n) is 7.75. The first-order valence-electron chi connectivity index (χ1n) is 9.98. The van der Waals surface area contributed by atoms with Gasteiger partial charge in [0.1, 0.15) is 5.82 Å². The molecule has 0 spiro atoms. The van der Waals surface area contributed by atoms with E-state index in [1.807, 2.05) is 12.1 Å². The molecule has 0 radical (unpaired) electrons. The number of rotatable bonds is 4. The fraction of sp³-hybridized carbons (Fsp3) is 0.667. The van der Waals surface area contributed by atoms with Gasteiger partial charge in [0.2, 0.25) is 5.91 Å². The van der Waals surface area contributed by atoms with E-state index in [4.69, 9.17) is 0 Å². The topological polar surface area (TPSA) is 32.3 Å². The minimum absolute atomic E-state index is 0.0969. The third kappa shape index (κ3) is 5.81. The van der Waals surface area contributed by atoms with Gasteiger partial charge in [-0.15, -0.1) is 0 Å². The molecule has 0 aromatic heterocycles. The molecular weight excluding hydrogens is 315 g/mol. The van der Waals surface area contributed by atoms with E-state index < -0.39 is 0 Å². The first-order valence-corrected chi connectivity index (χ1v) is 9.98. The predicted molar refractivity (Wildman–Crippen MR) is 98.7 cm³/mol. The molecule has 2 fully saturated rings. The number of nitrogens with one attached hydrogen (secondary N) is 1. The van der Waals surface area contributed by atoms with Crippen molar-refractivity contribution in [3.8, 4) is 0 Å². The zero-order chi connectivity index (χ0) is 17.5. The van der Waals surface area contributed by atoms with Crippen molar-refractivity contribution < 1.29 is 9.18 Å². The van der Waals surface area contributed by atoms with Gasteiger partial charge >= 0.3 is 0 Å². The van der Waals surface area contributed by atoms with Crippen LogP contribution in [0.15, 0.2) is 24.3 Å². The lowest BCUT2D eigenvalue weighted by atomic mass is 9.93. The van der Waals surface area contributed by atoms with Gasteiger partial charge < -0.3 is 5.32 Å². The van der Waals surface area contributed by atoms with Crippen molar-refractivity contribution in [1.82, 2.24) is 10.2 Å². The molecule has 1 amide bonds. The number of hydrogen-bond acceptors (Lipinski definition) is 2. The second-order valence-corrected chi connectivity index (χ2v) is 7.75. The van der Waals surface area contributed by atoms with Crippen molar-refractivity contribution in [1.29, 1.82) is 0 Å². The smallest absolute Gasteiger partial charge is 0.224 e. The van der Waals surface area contributed by atoms with E-state index in [1.165, 1.54) is 44.2 Å². The Kier molecular flexibility index (Phi) is 6.85. The Labute approximate surface area is 151 Å². The fourth-order valence-corrected chi connectivity index (χ4v) is 4.18. The molecule has 1 N–H and O–H groups in total. The molecule has 25 heavy (non-hydrogen) atoms. The van der Waals surface area contributed by atoms with E-state index in [-0.39, 0.29) is 17.6 Å². The average Bonchev–Trinajstić information content (AvgIpc) is 2.59. The zero-order valence-corrected chi connectivity index (χ0v) is 15.2. The third-order valence-electron chi connectivity index (χ3n) is 5.65. The van der Waals surface area contributed by atoms with E-state index >= 15 is 0 Å². The van der Waals surface area contributed by atoms with Crippen molar-refractivity contribution in [3.63, 3.8) is 0 Å². The molecule has 1 saturated carbocycles. The molecule has 1 aliphatic carbocycles. The van der Waals surface area contributed by atoms with Crippen LogP contribution in [0.1, 0.15) is 63.4 Å². The summed E-state index contributed by atoms with van der Waals surface area (Å²) in [6.07, 6.45) is 10.8. The molecule has 3 nitrogen and oxygen atoms in total. The van der Waals surface area contributed by atoms with E-state index in [0.717, 1.165) is 50.9 Å². The zero-order valence-electron chi connectivity index (χ0n) is 15.2. The van der Waals surface area contributed by atoms with Crippen molar-refractivity contribution in [2.75, 3.05) is 13.1 Å². The van der Waals surface area contributed by atoms with Crippen LogP contribution in [0, 0.1) is 11.7 Å². The summed E-state index contributed by atoms with van der Waals surface area (Å²) in [5, 5.41) is 3.33. The molecule has 3 rings (SSSR count). The Morgan fingerprint density at radius 2 is 1.68 bits per heavy atom. The molecule has 0 bridgehead atoms. The van der Waals surface area contributed by atoms with Crippen LogP contribution in [-0.4, -0.2) is 29.9 Å². The first-order chi connectivity index (χ1) is 12.2. The largest absolute Gasteiger partial charge is 0.353 e. The van der Waals surface area contributed by atoms with E-state index in [0.29, 0.717) is 6.04 Å². The Balaban J connectivity index is 1.49. The number of amides is 1. The highest BCUT2D eigenvalue weighted by atomic mass is 19.1. The van der Waals surface area contributed by atoms with Gasteiger partial charge in [0.25, 0.3) is 0 Å². The second kappa shape index (κ2) is 9.33. The lowest BCUT2D eigenvalue weighted by Crippen LogP contribution is -2.45.